The second-order valence-electron chi connectivity index (χ2n) is 22.7. The number of esters is 4. The van der Waals surface area contributed by atoms with Crippen molar-refractivity contribution in [2.75, 3.05) is 6.61 Å². The zero-order chi connectivity index (χ0) is 56.4. The number of fused-ring (bicyclic) bond motifs is 5. The fourth-order valence-corrected chi connectivity index (χ4v) is 13.1. The summed E-state index contributed by atoms with van der Waals surface area (Å²) in [6, 6.07) is 23.7. The maximum Gasteiger partial charge on any atom is 0.350 e. The van der Waals surface area contributed by atoms with Crippen LogP contribution in [0.25, 0.3) is 0 Å². The van der Waals surface area contributed by atoms with E-state index in [4.69, 9.17) is 28.8 Å². The molecule has 16 heteroatoms. The Morgan fingerprint density at radius 3 is 1.79 bits per heavy atom. The maximum absolute atomic E-state index is 15.6. The van der Waals surface area contributed by atoms with Crippen molar-refractivity contribution in [1.29, 1.82) is 0 Å². The van der Waals surface area contributed by atoms with Gasteiger partial charge in [-0.25, -0.2) is 9.59 Å². The molecule has 0 unspecified atom stereocenters. The molecule has 4 N–H and O–H groups in total. The quantitative estimate of drug-likeness (QED) is 0.0267. The monoisotopic (exact) mass is 1080 g/mol. The summed E-state index contributed by atoms with van der Waals surface area (Å²) in [4.78, 5) is 97.4. The summed E-state index contributed by atoms with van der Waals surface area (Å²) in [6.07, 6.45) is 3.64. The van der Waals surface area contributed by atoms with Crippen LogP contribution in [0.15, 0.2) is 102 Å². The predicted octanol–water partition coefficient (Wildman–Crippen LogP) is 9.54. The van der Waals surface area contributed by atoms with E-state index in [2.05, 4.69) is 5.32 Å². The standard InChI is InChI=1S/C62H79NO15/c1-39-45(37-62(73)55(77-57(71)44-32-24-19-25-33-44)53-60(6,54(69)40(2)50(39)59(62,4)5)46(65)36-47-61(53,38-74-47)78-41(3)64)75-58(72)52(51(42-28-20-17-21-29-42)63-56(70)43-30-22-18-23-31-43)76-49(68)35-27-16-14-12-10-8-7-9-11-13-15-26-34-48(66)67/h17-25,28-33,40,45-47,51-53,55,65,73H,7-16,26-27,34-38H2,1-6H3,(H,63,70)(H,66,67)/t40-,45+,46+,47-,51+,52-,53+,55+,60-,61+,62-/m1/s1. The minimum atomic E-state index is -2.25. The van der Waals surface area contributed by atoms with Crippen LogP contribution in [-0.4, -0.2) is 105 Å². The lowest BCUT2D eigenvalue weighted by atomic mass is 9.43. The van der Waals surface area contributed by atoms with Crippen LogP contribution in [0, 0.1) is 22.7 Å². The number of ketones is 1. The number of hydrogen-bond donors (Lipinski definition) is 4. The number of aliphatic carboxylic acids is 1. The number of nitrogens with one attached hydrogen (secondary N) is 1. The van der Waals surface area contributed by atoms with Crippen LogP contribution in [0.2, 0.25) is 0 Å². The zero-order valence-corrected chi connectivity index (χ0v) is 46.0. The van der Waals surface area contributed by atoms with Crippen molar-refractivity contribution in [3.8, 4) is 0 Å². The number of carboxylic acid groups (broad SMARTS) is 1. The Bertz CT molecular complexity index is 2640. The molecule has 3 fully saturated rings. The number of benzene rings is 3. The second-order valence-corrected chi connectivity index (χ2v) is 22.7. The first-order valence-electron chi connectivity index (χ1n) is 27.9. The van der Waals surface area contributed by atoms with Crippen molar-refractivity contribution < 1.29 is 72.6 Å². The maximum atomic E-state index is 15.6. The van der Waals surface area contributed by atoms with Crippen LogP contribution >= 0.6 is 0 Å². The van der Waals surface area contributed by atoms with E-state index in [9.17, 15) is 34.2 Å². The van der Waals surface area contributed by atoms with Crippen molar-refractivity contribution in [3.63, 3.8) is 0 Å². The van der Waals surface area contributed by atoms with Crippen LogP contribution in [0.5, 0.6) is 0 Å². The van der Waals surface area contributed by atoms with E-state index in [0.717, 1.165) is 64.2 Å². The predicted molar refractivity (Wildman–Crippen MR) is 287 cm³/mol. The van der Waals surface area contributed by atoms with E-state index in [-0.39, 0.29) is 37.0 Å². The normalized spacial score (nSPS) is 27.7. The van der Waals surface area contributed by atoms with Gasteiger partial charge in [-0.1, -0.05) is 152 Å². The fraction of sp³-hybridized carbons (Fsp3) is 0.565. The highest BCUT2D eigenvalue weighted by molar-refractivity contribution is 5.95. The minimum Gasteiger partial charge on any atom is -0.481 e. The van der Waals surface area contributed by atoms with Gasteiger partial charge in [0.25, 0.3) is 5.91 Å². The van der Waals surface area contributed by atoms with E-state index in [1.54, 1.807) is 113 Å². The summed E-state index contributed by atoms with van der Waals surface area (Å²) < 4.78 is 31.4. The highest BCUT2D eigenvalue weighted by Gasteiger charge is 2.77. The van der Waals surface area contributed by atoms with Crippen molar-refractivity contribution in [2.45, 2.75) is 192 Å². The van der Waals surface area contributed by atoms with E-state index < -0.39 is 118 Å². The van der Waals surface area contributed by atoms with E-state index in [1.807, 2.05) is 0 Å². The van der Waals surface area contributed by atoms with Crippen molar-refractivity contribution in [2.24, 2.45) is 22.7 Å². The molecule has 0 aromatic heterocycles. The molecule has 0 spiro atoms. The van der Waals surface area contributed by atoms with E-state index in [1.165, 1.54) is 19.1 Å². The molecule has 7 rings (SSSR count). The Morgan fingerprint density at radius 2 is 1.27 bits per heavy atom. The fourth-order valence-electron chi connectivity index (χ4n) is 13.1. The van der Waals surface area contributed by atoms with E-state index >= 15 is 9.59 Å². The van der Waals surface area contributed by atoms with Gasteiger partial charge in [0.2, 0.25) is 6.10 Å². The van der Waals surface area contributed by atoms with Gasteiger partial charge < -0.3 is 44.3 Å². The SMILES string of the molecule is CC(=O)O[C@@]12CO[C@@H]1C[C@H](O)[C@@]1(C)C(=O)[C@H](C)C3=C(C)[C@@H](OC(=O)[C@H](OC(=O)CCCCCCCCCCCCCCC(=O)O)[C@@H](NC(=O)c4ccccc4)c4ccccc4)C[C@@](O)([C@@H](OC(=O)c4ccccc4)[C@H]21)C3(C)C. The highest BCUT2D eigenvalue weighted by Crippen LogP contribution is 2.65. The highest BCUT2D eigenvalue weighted by atomic mass is 16.6. The lowest BCUT2D eigenvalue weighted by molar-refractivity contribution is -0.345. The molecule has 2 saturated carbocycles. The number of amides is 1. The average molecular weight is 1080 g/mol. The molecule has 11 atom stereocenters. The number of aliphatic hydroxyl groups excluding tert-OH is 1. The van der Waals surface area contributed by atoms with Crippen LogP contribution in [0.4, 0.5) is 0 Å². The molecule has 1 saturated heterocycles. The average Bonchev–Trinajstić information content (AvgIpc) is 3.31. The van der Waals surface area contributed by atoms with Gasteiger partial charge in [0.1, 0.15) is 35.7 Å². The van der Waals surface area contributed by atoms with Crippen LogP contribution < -0.4 is 5.32 Å². The molecule has 4 aliphatic rings. The molecule has 3 aliphatic carbocycles. The number of unbranched alkanes of at least 4 members (excludes halogenated alkanes) is 11. The number of carboxylic acids is 1. The van der Waals surface area contributed by atoms with Crippen LogP contribution in [0.3, 0.4) is 0 Å². The molecule has 422 valence electrons. The van der Waals surface area contributed by atoms with Gasteiger partial charge in [-0.15, -0.1) is 0 Å². The summed E-state index contributed by atoms with van der Waals surface area (Å²) in [6.45, 7) is 9.33. The van der Waals surface area contributed by atoms with Gasteiger partial charge in [0.15, 0.2) is 5.60 Å². The molecule has 2 bridgehead atoms. The number of aliphatic hydroxyl groups is 2. The van der Waals surface area contributed by atoms with Crippen molar-refractivity contribution >= 4 is 41.5 Å². The Morgan fingerprint density at radius 1 is 0.744 bits per heavy atom. The molecule has 3 aromatic carbocycles. The Hall–Kier alpha value is -6.23. The summed E-state index contributed by atoms with van der Waals surface area (Å²) in [5, 5.41) is 37.9. The summed E-state index contributed by atoms with van der Waals surface area (Å²) in [5.41, 5.74) is -5.55. The molecule has 0 radical (unpaired) electrons. The molecule has 3 aromatic rings. The Balaban J connectivity index is 1.20. The number of rotatable bonds is 25. The molecule has 16 nitrogen and oxygen atoms in total. The van der Waals surface area contributed by atoms with Gasteiger partial charge >= 0.3 is 29.8 Å². The van der Waals surface area contributed by atoms with Gasteiger partial charge in [-0.05, 0) is 67.7 Å². The van der Waals surface area contributed by atoms with Crippen molar-refractivity contribution in [1.82, 2.24) is 5.32 Å². The van der Waals surface area contributed by atoms with Crippen LogP contribution in [0.1, 0.15) is 177 Å². The topological polar surface area (TPSA) is 238 Å². The Kier molecular flexibility index (Phi) is 19.6. The number of Topliss-reactive ketones (excluding diaryl/α,β-unsaturated/α-hetero) is 1. The molecule has 1 heterocycles. The molecular formula is C62H79NO15. The smallest absolute Gasteiger partial charge is 0.350 e. The first-order valence-corrected chi connectivity index (χ1v) is 27.9. The second kappa shape index (κ2) is 25.7. The zero-order valence-electron chi connectivity index (χ0n) is 46.0. The summed E-state index contributed by atoms with van der Waals surface area (Å²) >= 11 is 0. The lowest BCUT2D eigenvalue weighted by Gasteiger charge is -2.67. The van der Waals surface area contributed by atoms with Crippen LogP contribution in [-0.2, 0) is 47.7 Å². The number of ether oxygens (including phenoxy) is 5. The third-order valence-corrected chi connectivity index (χ3v) is 17.3. The third-order valence-electron chi connectivity index (χ3n) is 17.3. The largest absolute Gasteiger partial charge is 0.481 e. The van der Waals surface area contributed by atoms with Gasteiger partial charge in [-0.2, -0.15) is 0 Å². The summed E-state index contributed by atoms with van der Waals surface area (Å²) in [7, 11) is 0. The lowest BCUT2D eigenvalue weighted by Crippen LogP contribution is -2.81. The van der Waals surface area contributed by atoms with Gasteiger partial charge in [0.05, 0.1) is 29.6 Å². The molecule has 1 amide bonds. The molecule has 78 heavy (non-hydrogen) atoms. The third kappa shape index (κ3) is 12.6. The Labute approximate surface area is 458 Å². The minimum absolute atomic E-state index is 0.0326. The molecule has 1 aliphatic heterocycles. The summed E-state index contributed by atoms with van der Waals surface area (Å²) in [5.74, 6) is -7.60. The van der Waals surface area contributed by atoms with E-state index in [0.29, 0.717) is 29.6 Å². The van der Waals surface area contributed by atoms with Gasteiger partial charge in [0, 0.05) is 49.5 Å². The first-order chi connectivity index (χ1) is 37.2. The molecular weight excluding hydrogens is 999 g/mol. The number of carbonyl (C=O) groups excluding carboxylic acids is 6. The first kappa shape index (κ1) is 59.4. The van der Waals surface area contributed by atoms with Crippen molar-refractivity contribution in [3.05, 3.63) is 119 Å². The number of hydrogen-bond acceptors (Lipinski definition) is 14. The van der Waals surface area contributed by atoms with Gasteiger partial charge in [-0.3, -0.25) is 24.0 Å². The number of carbonyl (C=O) groups is 7.